The summed E-state index contributed by atoms with van der Waals surface area (Å²) in [5, 5.41) is 10.5. The topological polar surface area (TPSA) is 119 Å². The van der Waals surface area contributed by atoms with Crippen LogP contribution in [0.15, 0.2) is 12.7 Å². The fraction of sp³-hybridized carbons (Fsp3) is 0.840. The molecule has 3 rings (SSSR count). The Bertz CT molecular complexity index is 729. The molecule has 200 valence electrons. The van der Waals surface area contributed by atoms with Gasteiger partial charge in [0.2, 0.25) is 0 Å². The second-order valence-electron chi connectivity index (χ2n) is 9.43. The van der Waals surface area contributed by atoms with Crippen LogP contribution in [0.5, 0.6) is 0 Å². The molecule has 3 heterocycles. The van der Waals surface area contributed by atoms with E-state index in [4.69, 9.17) is 33.2 Å². The number of aliphatic hydroxyl groups is 1. The van der Waals surface area contributed by atoms with Crippen LogP contribution in [0.2, 0.25) is 0 Å². The molecule has 0 saturated carbocycles. The zero-order valence-electron chi connectivity index (χ0n) is 21.2. The lowest BCUT2D eigenvalue weighted by Gasteiger charge is -2.53. The fourth-order valence-corrected chi connectivity index (χ4v) is 5.14. The molecule has 10 nitrogen and oxygen atoms in total. The van der Waals surface area contributed by atoms with Crippen LogP contribution in [0.4, 0.5) is 0 Å². The lowest BCUT2D eigenvalue weighted by Crippen LogP contribution is -2.69. The van der Waals surface area contributed by atoms with Gasteiger partial charge in [0.05, 0.1) is 18.3 Å². The van der Waals surface area contributed by atoms with Crippen LogP contribution >= 0.6 is 0 Å². The van der Waals surface area contributed by atoms with Crippen LogP contribution in [-0.2, 0) is 42.7 Å². The molecule has 0 spiro atoms. The molecule has 35 heavy (non-hydrogen) atoms. The lowest BCUT2D eigenvalue weighted by atomic mass is 9.84. The van der Waals surface area contributed by atoms with E-state index in [0.717, 1.165) is 12.8 Å². The van der Waals surface area contributed by atoms with Crippen molar-refractivity contribution in [2.45, 2.75) is 114 Å². The largest absolute Gasteiger partial charge is 0.463 e. The molecular formula is C25H40O10. The number of hydrogen-bond acceptors (Lipinski definition) is 10. The van der Waals surface area contributed by atoms with Gasteiger partial charge in [-0.15, -0.1) is 6.58 Å². The summed E-state index contributed by atoms with van der Waals surface area (Å²) in [6.45, 7) is 8.82. The van der Waals surface area contributed by atoms with E-state index >= 15 is 0 Å². The van der Waals surface area contributed by atoms with E-state index in [1.54, 1.807) is 13.2 Å². The molecule has 0 aromatic heterocycles. The fourth-order valence-electron chi connectivity index (χ4n) is 5.14. The van der Waals surface area contributed by atoms with Crippen LogP contribution in [0.25, 0.3) is 0 Å². The van der Waals surface area contributed by atoms with Gasteiger partial charge in [0.1, 0.15) is 24.9 Å². The quantitative estimate of drug-likeness (QED) is 0.242. The van der Waals surface area contributed by atoms with Gasteiger partial charge in [-0.3, -0.25) is 9.59 Å². The molecule has 1 unspecified atom stereocenters. The Kier molecular flexibility index (Phi) is 10.1. The second kappa shape index (κ2) is 12.6. The standard InChI is InChI=1S/C25H40O10/c1-6-8-12-30-20-19(13-17(28)14-31-15(3)26)34-21-22(20)35-25(29-5)11-10-18(9-7-2)33-24(25)23(21)32-16(4)27/h7,17-24,28H,2,6,8-14H2,1,3-5H3/t17-,18-,19-,20+,21-,22+,23+,24-,25?/m1/s1. The molecule has 0 radical (unpaired) electrons. The van der Waals surface area contributed by atoms with E-state index in [2.05, 4.69) is 13.5 Å². The van der Waals surface area contributed by atoms with Gasteiger partial charge >= 0.3 is 11.9 Å². The van der Waals surface area contributed by atoms with Crippen molar-refractivity contribution in [1.29, 1.82) is 0 Å². The molecule has 9 atom stereocenters. The van der Waals surface area contributed by atoms with E-state index in [0.29, 0.717) is 25.9 Å². The molecule has 0 aromatic rings. The first kappa shape index (κ1) is 28.0. The Morgan fingerprint density at radius 1 is 1.20 bits per heavy atom. The van der Waals surface area contributed by atoms with E-state index in [1.165, 1.54) is 13.8 Å². The van der Waals surface area contributed by atoms with Crippen molar-refractivity contribution in [3.63, 3.8) is 0 Å². The summed E-state index contributed by atoms with van der Waals surface area (Å²) in [5.41, 5.74) is 0. The number of carbonyl (C=O) groups excluding carboxylic acids is 2. The number of fused-ring (bicyclic) bond motifs is 2. The van der Waals surface area contributed by atoms with Crippen molar-refractivity contribution in [1.82, 2.24) is 0 Å². The van der Waals surface area contributed by atoms with Crippen LogP contribution in [0, 0.1) is 0 Å². The first-order valence-electron chi connectivity index (χ1n) is 12.5. The maximum atomic E-state index is 12.1. The number of unbranched alkanes of at least 4 members (excludes halogenated alkanes) is 1. The third kappa shape index (κ3) is 6.61. The highest BCUT2D eigenvalue weighted by Gasteiger charge is 2.65. The number of hydrogen-bond donors (Lipinski definition) is 1. The van der Waals surface area contributed by atoms with Gasteiger partial charge in [-0.05, 0) is 19.3 Å². The minimum Gasteiger partial charge on any atom is -0.463 e. The summed E-state index contributed by atoms with van der Waals surface area (Å²) >= 11 is 0. The van der Waals surface area contributed by atoms with Gasteiger partial charge in [0.25, 0.3) is 0 Å². The summed E-state index contributed by atoms with van der Waals surface area (Å²) in [4.78, 5) is 23.3. The molecular weight excluding hydrogens is 460 g/mol. The van der Waals surface area contributed by atoms with E-state index in [1.807, 2.05) is 0 Å². The van der Waals surface area contributed by atoms with Gasteiger partial charge < -0.3 is 38.3 Å². The number of carbonyl (C=O) groups is 2. The molecule has 10 heteroatoms. The van der Waals surface area contributed by atoms with Gasteiger partial charge in [0, 0.05) is 40.4 Å². The Labute approximate surface area is 207 Å². The van der Waals surface area contributed by atoms with Gasteiger partial charge in [-0.2, -0.15) is 0 Å². The minimum absolute atomic E-state index is 0.113. The number of methoxy groups -OCH3 is 1. The van der Waals surface area contributed by atoms with Crippen molar-refractivity contribution < 1.29 is 47.9 Å². The van der Waals surface area contributed by atoms with Crippen LogP contribution in [0.1, 0.15) is 59.3 Å². The van der Waals surface area contributed by atoms with Crippen LogP contribution in [0.3, 0.4) is 0 Å². The summed E-state index contributed by atoms with van der Waals surface area (Å²) in [6, 6.07) is 0. The van der Waals surface area contributed by atoms with E-state index in [-0.39, 0.29) is 19.1 Å². The highest BCUT2D eigenvalue weighted by molar-refractivity contribution is 5.66. The average molecular weight is 501 g/mol. The van der Waals surface area contributed by atoms with Crippen molar-refractivity contribution in [3.05, 3.63) is 12.7 Å². The first-order chi connectivity index (χ1) is 16.7. The first-order valence-corrected chi connectivity index (χ1v) is 12.5. The molecule has 0 aliphatic carbocycles. The molecule has 0 amide bonds. The third-order valence-corrected chi connectivity index (χ3v) is 6.76. The van der Waals surface area contributed by atoms with Crippen molar-refractivity contribution in [2.75, 3.05) is 20.3 Å². The molecule has 0 aromatic carbocycles. The maximum absolute atomic E-state index is 12.1. The van der Waals surface area contributed by atoms with Crippen LogP contribution in [-0.4, -0.2) is 92.0 Å². The lowest BCUT2D eigenvalue weighted by molar-refractivity contribution is -0.382. The summed E-state index contributed by atoms with van der Waals surface area (Å²) in [7, 11) is 1.55. The predicted molar refractivity (Wildman–Crippen MR) is 123 cm³/mol. The molecule has 3 fully saturated rings. The summed E-state index contributed by atoms with van der Waals surface area (Å²) in [6.07, 6.45) is 0.593. The minimum atomic E-state index is -1.14. The molecule has 0 bridgehead atoms. The smallest absolute Gasteiger partial charge is 0.303 e. The Hall–Kier alpha value is -1.56. The molecule has 1 N–H and O–H groups in total. The molecule has 3 aliphatic heterocycles. The summed E-state index contributed by atoms with van der Waals surface area (Å²) < 4.78 is 42.1. The highest BCUT2D eigenvalue weighted by Crippen LogP contribution is 2.47. The number of esters is 2. The van der Waals surface area contributed by atoms with E-state index in [9.17, 15) is 14.7 Å². The maximum Gasteiger partial charge on any atom is 0.303 e. The number of aliphatic hydroxyl groups excluding tert-OH is 1. The highest BCUT2D eigenvalue weighted by atomic mass is 16.8. The number of rotatable bonds is 12. The third-order valence-electron chi connectivity index (χ3n) is 6.76. The molecule has 3 aliphatic rings. The van der Waals surface area contributed by atoms with Crippen LogP contribution < -0.4 is 0 Å². The predicted octanol–water partition coefficient (Wildman–Crippen LogP) is 2.05. The van der Waals surface area contributed by atoms with Gasteiger partial charge in [-0.1, -0.05) is 19.4 Å². The SMILES string of the molecule is C=CC[C@@H]1CCC2(OC)O[C@@H]3[C@@H](O[C@H](C[C@@H](O)COC(C)=O)[C@@H]3OCCCC)[C@H](OC(C)=O)[C@H]2O1. The zero-order valence-corrected chi connectivity index (χ0v) is 21.2. The molecule has 3 saturated heterocycles. The monoisotopic (exact) mass is 500 g/mol. The Morgan fingerprint density at radius 2 is 1.97 bits per heavy atom. The van der Waals surface area contributed by atoms with E-state index < -0.39 is 60.5 Å². The van der Waals surface area contributed by atoms with Crippen molar-refractivity contribution >= 4 is 11.9 Å². The van der Waals surface area contributed by atoms with Crippen molar-refractivity contribution in [2.24, 2.45) is 0 Å². The Morgan fingerprint density at radius 3 is 2.60 bits per heavy atom. The zero-order chi connectivity index (χ0) is 25.6. The van der Waals surface area contributed by atoms with Gasteiger partial charge in [0.15, 0.2) is 18.0 Å². The second-order valence-corrected chi connectivity index (χ2v) is 9.43. The normalized spacial score (nSPS) is 37.1. The average Bonchev–Trinajstić information content (AvgIpc) is 3.14. The Balaban J connectivity index is 1.88. The van der Waals surface area contributed by atoms with Gasteiger partial charge in [-0.25, -0.2) is 0 Å². The number of ether oxygens (including phenoxy) is 7. The van der Waals surface area contributed by atoms with Crippen molar-refractivity contribution in [3.8, 4) is 0 Å². The summed E-state index contributed by atoms with van der Waals surface area (Å²) in [5.74, 6) is -2.09.